The van der Waals surface area contributed by atoms with E-state index in [1.54, 1.807) is 0 Å². The molecule has 0 aliphatic carbocycles. The van der Waals surface area contributed by atoms with Crippen LogP contribution in [-0.2, 0) is 4.79 Å². The van der Waals surface area contributed by atoms with Crippen LogP contribution in [0.4, 0.5) is 0 Å². The maximum absolute atomic E-state index is 11.6. The predicted octanol–water partition coefficient (Wildman–Crippen LogP) is 1.96. The van der Waals surface area contributed by atoms with Crippen molar-refractivity contribution in [3.63, 3.8) is 0 Å². The van der Waals surface area contributed by atoms with Crippen LogP contribution in [0, 0.1) is 11.8 Å². The standard InChI is InChI=1S/C12H24N2O.ClH/c1-9(2)10(3)8-14-12(15)7-11-5-4-6-13-11;/h9-11,13H,4-8H2,1-3H3,(H,14,15);1H. The van der Waals surface area contributed by atoms with Crippen LogP contribution in [0.15, 0.2) is 0 Å². The Morgan fingerprint density at radius 1 is 1.44 bits per heavy atom. The Balaban J connectivity index is 0.00000225. The monoisotopic (exact) mass is 248 g/mol. The summed E-state index contributed by atoms with van der Waals surface area (Å²) in [5, 5.41) is 6.35. The summed E-state index contributed by atoms with van der Waals surface area (Å²) >= 11 is 0. The van der Waals surface area contributed by atoms with E-state index in [1.165, 1.54) is 6.42 Å². The molecule has 16 heavy (non-hydrogen) atoms. The zero-order valence-corrected chi connectivity index (χ0v) is 11.4. The lowest BCUT2D eigenvalue weighted by Gasteiger charge is -2.17. The number of nitrogens with one attached hydrogen (secondary N) is 2. The van der Waals surface area contributed by atoms with E-state index in [1.807, 2.05) is 0 Å². The van der Waals surface area contributed by atoms with Crippen molar-refractivity contribution in [2.24, 2.45) is 11.8 Å². The van der Waals surface area contributed by atoms with Crippen molar-refractivity contribution >= 4 is 18.3 Å². The molecular formula is C12H25ClN2O. The van der Waals surface area contributed by atoms with Crippen molar-refractivity contribution in [1.82, 2.24) is 10.6 Å². The summed E-state index contributed by atoms with van der Waals surface area (Å²) in [6.45, 7) is 8.44. The van der Waals surface area contributed by atoms with Crippen LogP contribution in [0.5, 0.6) is 0 Å². The second-order valence-corrected chi connectivity index (χ2v) is 5.02. The van der Waals surface area contributed by atoms with Crippen LogP contribution in [0.25, 0.3) is 0 Å². The number of halogens is 1. The Hall–Kier alpha value is -0.280. The summed E-state index contributed by atoms with van der Waals surface area (Å²) in [4.78, 5) is 11.6. The number of amides is 1. The van der Waals surface area contributed by atoms with Gasteiger partial charge >= 0.3 is 0 Å². The van der Waals surface area contributed by atoms with E-state index < -0.39 is 0 Å². The normalized spacial score (nSPS) is 21.6. The number of rotatable bonds is 5. The summed E-state index contributed by atoms with van der Waals surface area (Å²) in [5.74, 6) is 1.39. The van der Waals surface area contributed by atoms with Crippen LogP contribution in [0.1, 0.15) is 40.0 Å². The third-order valence-corrected chi connectivity index (χ3v) is 3.35. The first-order valence-corrected chi connectivity index (χ1v) is 6.09. The van der Waals surface area contributed by atoms with Gasteiger partial charge in [0.2, 0.25) is 5.91 Å². The Labute approximate surface area is 105 Å². The van der Waals surface area contributed by atoms with E-state index in [0.29, 0.717) is 24.3 Å². The molecule has 2 atom stereocenters. The molecule has 2 N–H and O–H groups in total. The highest BCUT2D eigenvalue weighted by atomic mass is 35.5. The summed E-state index contributed by atoms with van der Waals surface area (Å²) in [6, 6.07) is 0.416. The van der Waals surface area contributed by atoms with E-state index in [9.17, 15) is 4.79 Å². The molecule has 0 spiro atoms. The summed E-state index contributed by atoms with van der Waals surface area (Å²) < 4.78 is 0. The molecule has 1 rings (SSSR count). The summed E-state index contributed by atoms with van der Waals surface area (Å²) in [6.07, 6.45) is 3.00. The lowest BCUT2D eigenvalue weighted by Crippen LogP contribution is -2.34. The van der Waals surface area contributed by atoms with E-state index in [4.69, 9.17) is 0 Å². The summed E-state index contributed by atoms with van der Waals surface area (Å²) in [7, 11) is 0. The lowest BCUT2D eigenvalue weighted by atomic mass is 9.98. The van der Waals surface area contributed by atoms with Crippen molar-refractivity contribution in [2.45, 2.75) is 46.1 Å². The highest BCUT2D eigenvalue weighted by molar-refractivity contribution is 5.85. The first-order valence-electron chi connectivity index (χ1n) is 6.09. The van der Waals surface area contributed by atoms with Crippen molar-refractivity contribution in [1.29, 1.82) is 0 Å². The van der Waals surface area contributed by atoms with Gasteiger partial charge in [-0.3, -0.25) is 4.79 Å². The topological polar surface area (TPSA) is 41.1 Å². The molecule has 1 fully saturated rings. The molecule has 96 valence electrons. The first-order chi connectivity index (χ1) is 7.09. The third kappa shape index (κ3) is 5.71. The zero-order chi connectivity index (χ0) is 11.3. The van der Waals surface area contributed by atoms with E-state index in [0.717, 1.165) is 19.5 Å². The third-order valence-electron chi connectivity index (χ3n) is 3.35. The molecular weight excluding hydrogens is 224 g/mol. The highest BCUT2D eigenvalue weighted by Crippen LogP contribution is 2.10. The molecule has 0 saturated carbocycles. The molecule has 1 aliphatic heterocycles. The lowest BCUT2D eigenvalue weighted by molar-refractivity contribution is -0.121. The smallest absolute Gasteiger partial charge is 0.221 e. The maximum Gasteiger partial charge on any atom is 0.221 e. The molecule has 1 aliphatic rings. The minimum Gasteiger partial charge on any atom is -0.356 e. The van der Waals surface area contributed by atoms with Gasteiger partial charge in [-0.1, -0.05) is 20.8 Å². The average Bonchev–Trinajstić information content (AvgIpc) is 2.66. The number of carbonyl (C=O) groups is 1. The van der Waals surface area contributed by atoms with Crippen LogP contribution in [0.2, 0.25) is 0 Å². The molecule has 2 unspecified atom stereocenters. The fourth-order valence-corrected chi connectivity index (χ4v) is 1.74. The fraction of sp³-hybridized carbons (Fsp3) is 0.917. The molecule has 0 bridgehead atoms. The van der Waals surface area contributed by atoms with Gasteiger partial charge in [0.15, 0.2) is 0 Å². The van der Waals surface area contributed by atoms with Crippen LogP contribution in [0.3, 0.4) is 0 Å². The van der Waals surface area contributed by atoms with Gasteiger partial charge in [-0.15, -0.1) is 12.4 Å². The van der Waals surface area contributed by atoms with Crippen molar-refractivity contribution < 1.29 is 4.79 Å². The van der Waals surface area contributed by atoms with Crippen LogP contribution in [-0.4, -0.2) is 25.0 Å². The van der Waals surface area contributed by atoms with Gasteiger partial charge in [0.05, 0.1) is 0 Å². The maximum atomic E-state index is 11.6. The molecule has 0 radical (unpaired) electrons. The second-order valence-electron chi connectivity index (χ2n) is 5.02. The molecule has 0 aromatic rings. The molecule has 3 nitrogen and oxygen atoms in total. The minimum absolute atomic E-state index is 0. The minimum atomic E-state index is 0. The van der Waals surface area contributed by atoms with Crippen LogP contribution < -0.4 is 10.6 Å². The van der Waals surface area contributed by atoms with Gasteiger partial charge < -0.3 is 10.6 Å². The van der Waals surface area contributed by atoms with Crippen molar-refractivity contribution in [3.05, 3.63) is 0 Å². The van der Waals surface area contributed by atoms with Crippen molar-refractivity contribution in [3.8, 4) is 0 Å². The van der Waals surface area contributed by atoms with E-state index in [-0.39, 0.29) is 18.3 Å². The highest BCUT2D eigenvalue weighted by Gasteiger charge is 2.17. The first kappa shape index (κ1) is 15.7. The van der Waals surface area contributed by atoms with E-state index in [2.05, 4.69) is 31.4 Å². The second kappa shape index (κ2) is 7.91. The zero-order valence-electron chi connectivity index (χ0n) is 10.6. The molecule has 4 heteroatoms. The molecule has 1 amide bonds. The molecule has 1 saturated heterocycles. The van der Waals surface area contributed by atoms with Gasteiger partial charge in [-0.25, -0.2) is 0 Å². The Morgan fingerprint density at radius 3 is 2.62 bits per heavy atom. The molecule has 1 heterocycles. The Bertz CT molecular complexity index is 203. The Kier molecular flexibility index (Phi) is 7.77. The quantitative estimate of drug-likeness (QED) is 0.781. The van der Waals surface area contributed by atoms with E-state index >= 15 is 0 Å². The SMILES string of the molecule is CC(C)C(C)CNC(=O)CC1CCCN1.Cl. The Morgan fingerprint density at radius 2 is 2.12 bits per heavy atom. The number of hydrogen-bond donors (Lipinski definition) is 2. The average molecular weight is 249 g/mol. The van der Waals surface area contributed by atoms with Gasteiger partial charge in [-0.05, 0) is 31.2 Å². The number of hydrogen-bond acceptors (Lipinski definition) is 2. The fourth-order valence-electron chi connectivity index (χ4n) is 1.74. The van der Waals surface area contributed by atoms with Gasteiger partial charge in [-0.2, -0.15) is 0 Å². The van der Waals surface area contributed by atoms with Crippen LogP contribution >= 0.6 is 12.4 Å². The molecule has 0 aromatic carbocycles. The van der Waals surface area contributed by atoms with Crippen molar-refractivity contribution in [2.75, 3.05) is 13.1 Å². The number of carbonyl (C=O) groups excluding carboxylic acids is 1. The largest absolute Gasteiger partial charge is 0.356 e. The predicted molar refractivity (Wildman–Crippen MR) is 69.9 cm³/mol. The molecule has 0 aromatic heterocycles. The summed E-state index contributed by atoms with van der Waals surface area (Å²) in [5.41, 5.74) is 0. The van der Waals surface area contributed by atoms with Gasteiger partial charge in [0.25, 0.3) is 0 Å². The van der Waals surface area contributed by atoms with Gasteiger partial charge in [0.1, 0.15) is 0 Å². The van der Waals surface area contributed by atoms with Gasteiger partial charge in [0, 0.05) is 19.0 Å².